The largest absolute Gasteiger partial charge is 0.312 e. The first kappa shape index (κ1) is 16.3. The third-order valence-electron chi connectivity index (χ3n) is 5.33. The van der Waals surface area contributed by atoms with Gasteiger partial charge in [0.05, 0.1) is 0 Å². The zero-order valence-corrected chi connectivity index (χ0v) is 13.9. The molecular formula is C17H35N3. The third kappa shape index (κ3) is 4.44. The SMILES string of the molecule is CCCNC(CN1CCCN2CCCC2C1)C(C)CC. The van der Waals surface area contributed by atoms with Gasteiger partial charge in [0.1, 0.15) is 0 Å². The van der Waals surface area contributed by atoms with Crippen molar-refractivity contribution in [3.05, 3.63) is 0 Å². The van der Waals surface area contributed by atoms with Gasteiger partial charge in [-0.05, 0) is 57.8 Å². The molecule has 0 spiro atoms. The lowest BCUT2D eigenvalue weighted by molar-refractivity contribution is 0.187. The first-order valence-electron chi connectivity index (χ1n) is 8.94. The highest BCUT2D eigenvalue weighted by atomic mass is 15.3. The summed E-state index contributed by atoms with van der Waals surface area (Å²) in [5.74, 6) is 0.782. The Balaban J connectivity index is 1.87. The van der Waals surface area contributed by atoms with E-state index in [4.69, 9.17) is 0 Å². The number of rotatable bonds is 7. The average molecular weight is 281 g/mol. The highest BCUT2D eigenvalue weighted by Gasteiger charge is 2.30. The molecule has 0 amide bonds. The van der Waals surface area contributed by atoms with Crippen molar-refractivity contribution >= 4 is 0 Å². The molecule has 3 atom stereocenters. The van der Waals surface area contributed by atoms with Gasteiger partial charge in [0.25, 0.3) is 0 Å². The van der Waals surface area contributed by atoms with Gasteiger partial charge in [-0.1, -0.05) is 27.2 Å². The molecule has 2 rings (SSSR count). The standard InChI is InChI=1S/C17H35N3/c1-4-9-18-17(15(3)5-2)14-19-10-7-12-20-11-6-8-16(20)13-19/h15-18H,4-14H2,1-3H3. The van der Waals surface area contributed by atoms with Crippen LogP contribution in [-0.4, -0.2) is 61.2 Å². The summed E-state index contributed by atoms with van der Waals surface area (Å²) in [6, 6.07) is 1.52. The Morgan fingerprint density at radius 2 is 1.95 bits per heavy atom. The normalized spacial score (nSPS) is 28.1. The van der Waals surface area contributed by atoms with E-state index in [1.165, 1.54) is 71.4 Å². The summed E-state index contributed by atoms with van der Waals surface area (Å²) in [4.78, 5) is 5.48. The Morgan fingerprint density at radius 3 is 2.70 bits per heavy atom. The quantitative estimate of drug-likeness (QED) is 0.774. The summed E-state index contributed by atoms with van der Waals surface area (Å²) < 4.78 is 0. The van der Waals surface area contributed by atoms with Crippen molar-refractivity contribution < 1.29 is 0 Å². The molecule has 0 bridgehead atoms. The second-order valence-corrected chi connectivity index (χ2v) is 6.89. The first-order valence-corrected chi connectivity index (χ1v) is 8.94. The lowest BCUT2D eigenvalue weighted by Crippen LogP contribution is -2.47. The van der Waals surface area contributed by atoms with Crippen molar-refractivity contribution in [1.29, 1.82) is 0 Å². The van der Waals surface area contributed by atoms with Crippen molar-refractivity contribution in [2.45, 2.75) is 65.0 Å². The third-order valence-corrected chi connectivity index (χ3v) is 5.33. The summed E-state index contributed by atoms with van der Waals surface area (Å²) in [7, 11) is 0. The van der Waals surface area contributed by atoms with Crippen molar-refractivity contribution in [2.75, 3.05) is 39.3 Å². The molecule has 0 radical (unpaired) electrons. The molecule has 2 aliphatic rings. The Bertz CT molecular complexity index is 269. The molecule has 1 N–H and O–H groups in total. The van der Waals surface area contributed by atoms with Gasteiger partial charge in [-0.15, -0.1) is 0 Å². The second kappa shape index (κ2) is 8.35. The van der Waals surface area contributed by atoms with Gasteiger partial charge < -0.3 is 10.2 Å². The van der Waals surface area contributed by atoms with Crippen LogP contribution in [0, 0.1) is 5.92 Å². The first-order chi connectivity index (χ1) is 9.74. The van der Waals surface area contributed by atoms with Gasteiger partial charge in [-0.25, -0.2) is 0 Å². The fourth-order valence-corrected chi connectivity index (χ4v) is 3.79. The molecule has 0 saturated carbocycles. The number of nitrogens with zero attached hydrogens (tertiary/aromatic N) is 2. The molecule has 118 valence electrons. The maximum absolute atomic E-state index is 3.79. The van der Waals surface area contributed by atoms with Crippen LogP contribution in [0.2, 0.25) is 0 Å². The lowest BCUT2D eigenvalue weighted by Gasteiger charge is -2.32. The Hall–Kier alpha value is -0.120. The highest BCUT2D eigenvalue weighted by Crippen LogP contribution is 2.22. The summed E-state index contributed by atoms with van der Waals surface area (Å²) in [5.41, 5.74) is 0. The van der Waals surface area contributed by atoms with E-state index in [0.29, 0.717) is 6.04 Å². The van der Waals surface area contributed by atoms with Crippen molar-refractivity contribution in [3.8, 4) is 0 Å². The molecule has 0 aliphatic carbocycles. The van der Waals surface area contributed by atoms with E-state index in [9.17, 15) is 0 Å². The molecule has 3 heteroatoms. The molecule has 3 unspecified atom stereocenters. The molecule has 2 heterocycles. The molecule has 2 aliphatic heterocycles. The van der Waals surface area contributed by atoms with Crippen molar-refractivity contribution in [3.63, 3.8) is 0 Å². The van der Waals surface area contributed by atoms with Crippen LogP contribution >= 0.6 is 0 Å². The Kier molecular flexibility index (Phi) is 6.79. The second-order valence-electron chi connectivity index (χ2n) is 6.89. The zero-order valence-electron chi connectivity index (χ0n) is 13.9. The maximum Gasteiger partial charge on any atom is 0.0223 e. The smallest absolute Gasteiger partial charge is 0.0223 e. The summed E-state index contributed by atoms with van der Waals surface area (Å²) in [6.07, 6.45) is 6.72. The molecule has 20 heavy (non-hydrogen) atoms. The van der Waals surface area contributed by atoms with Crippen molar-refractivity contribution in [2.24, 2.45) is 5.92 Å². The highest BCUT2D eigenvalue weighted by molar-refractivity contribution is 4.87. The fraction of sp³-hybridized carbons (Fsp3) is 1.00. The average Bonchev–Trinajstić information content (AvgIpc) is 2.81. The minimum atomic E-state index is 0.674. The number of hydrogen-bond acceptors (Lipinski definition) is 3. The number of fused-ring (bicyclic) bond motifs is 1. The van der Waals surface area contributed by atoms with E-state index >= 15 is 0 Å². The van der Waals surface area contributed by atoms with Crippen LogP contribution in [0.3, 0.4) is 0 Å². The Morgan fingerprint density at radius 1 is 1.15 bits per heavy atom. The predicted molar refractivity (Wildman–Crippen MR) is 87.2 cm³/mol. The van der Waals surface area contributed by atoms with Crippen LogP contribution < -0.4 is 5.32 Å². The van der Waals surface area contributed by atoms with Gasteiger partial charge in [-0.3, -0.25) is 4.90 Å². The van der Waals surface area contributed by atoms with Gasteiger partial charge in [0.15, 0.2) is 0 Å². The van der Waals surface area contributed by atoms with Gasteiger partial charge >= 0.3 is 0 Å². The zero-order chi connectivity index (χ0) is 14.4. The van der Waals surface area contributed by atoms with Crippen molar-refractivity contribution in [1.82, 2.24) is 15.1 Å². The summed E-state index contributed by atoms with van der Waals surface area (Å²) in [5, 5.41) is 3.79. The fourth-order valence-electron chi connectivity index (χ4n) is 3.79. The van der Waals surface area contributed by atoms with Crippen LogP contribution in [-0.2, 0) is 0 Å². The molecule has 0 aromatic carbocycles. The molecule has 0 aromatic rings. The molecule has 2 saturated heterocycles. The number of nitrogens with one attached hydrogen (secondary N) is 1. The minimum absolute atomic E-state index is 0.674. The van der Waals surface area contributed by atoms with E-state index in [1.54, 1.807) is 0 Å². The van der Waals surface area contributed by atoms with Crippen LogP contribution in [0.4, 0.5) is 0 Å². The molecular weight excluding hydrogens is 246 g/mol. The van der Waals surface area contributed by atoms with E-state index in [0.717, 1.165) is 12.0 Å². The number of hydrogen-bond donors (Lipinski definition) is 1. The monoisotopic (exact) mass is 281 g/mol. The van der Waals surface area contributed by atoms with E-state index in [1.807, 2.05) is 0 Å². The topological polar surface area (TPSA) is 18.5 Å². The van der Waals surface area contributed by atoms with Crippen LogP contribution in [0.15, 0.2) is 0 Å². The molecule has 3 nitrogen and oxygen atoms in total. The minimum Gasteiger partial charge on any atom is -0.312 e. The van der Waals surface area contributed by atoms with Crippen LogP contribution in [0.25, 0.3) is 0 Å². The summed E-state index contributed by atoms with van der Waals surface area (Å²) >= 11 is 0. The maximum atomic E-state index is 3.79. The van der Waals surface area contributed by atoms with Gasteiger partial charge in [0.2, 0.25) is 0 Å². The van der Waals surface area contributed by atoms with Gasteiger partial charge in [-0.2, -0.15) is 0 Å². The predicted octanol–water partition coefficient (Wildman–Crippen LogP) is 2.57. The van der Waals surface area contributed by atoms with E-state index in [-0.39, 0.29) is 0 Å². The summed E-state index contributed by atoms with van der Waals surface area (Å²) in [6.45, 7) is 14.7. The van der Waals surface area contributed by atoms with Crippen LogP contribution in [0.1, 0.15) is 52.9 Å². The van der Waals surface area contributed by atoms with Gasteiger partial charge in [0, 0.05) is 25.2 Å². The van der Waals surface area contributed by atoms with E-state index < -0.39 is 0 Å². The molecule has 2 fully saturated rings. The van der Waals surface area contributed by atoms with Crippen LogP contribution in [0.5, 0.6) is 0 Å². The molecule has 0 aromatic heterocycles. The van der Waals surface area contributed by atoms with E-state index in [2.05, 4.69) is 35.9 Å². The lowest BCUT2D eigenvalue weighted by atomic mass is 9.98. The Labute approximate surface area is 126 Å².